The lowest BCUT2D eigenvalue weighted by Crippen LogP contribution is -1.91. The molecule has 4 aromatic carbocycles. The van der Waals surface area contributed by atoms with Crippen LogP contribution in [0.5, 0.6) is 5.75 Å². The molecular weight excluding hydrogens is 384 g/mol. The highest BCUT2D eigenvalue weighted by molar-refractivity contribution is 5.95. The zero-order valence-electron chi connectivity index (χ0n) is 18.1. The van der Waals surface area contributed by atoms with Crippen molar-refractivity contribution in [2.75, 3.05) is 0 Å². The van der Waals surface area contributed by atoms with Crippen molar-refractivity contribution in [1.29, 1.82) is 0 Å². The molecule has 0 aliphatic rings. The molecule has 0 heterocycles. The first kappa shape index (κ1) is 20.4. The minimum absolute atomic E-state index is 0.0555. The second-order valence-electron chi connectivity index (χ2n) is 7.75. The molecule has 0 radical (unpaired) electrons. The van der Waals surface area contributed by atoms with Crippen LogP contribution >= 0.6 is 0 Å². The average Bonchev–Trinajstić information content (AvgIpc) is 2.77. The first-order chi connectivity index (χ1) is 15.0. The SMILES string of the molecule is Cc1ccc(C)c(-c2c(N=NN=Nc3c(O)ccc4ccccc34)ccc(C)c2C)c1. The molecule has 4 rings (SSSR count). The number of aromatic hydroxyl groups is 1. The van der Waals surface area contributed by atoms with Crippen LogP contribution in [0.1, 0.15) is 22.3 Å². The largest absolute Gasteiger partial charge is 0.506 e. The molecule has 31 heavy (non-hydrogen) atoms. The molecule has 0 saturated carbocycles. The molecule has 0 aromatic heterocycles. The summed E-state index contributed by atoms with van der Waals surface area (Å²) in [5.41, 5.74) is 8.02. The minimum atomic E-state index is 0.0555. The lowest BCUT2D eigenvalue weighted by Gasteiger charge is -2.14. The third kappa shape index (κ3) is 4.08. The highest BCUT2D eigenvalue weighted by Gasteiger charge is 2.13. The highest BCUT2D eigenvalue weighted by atomic mass is 16.3. The summed E-state index contributed by atoms with van der Waals surface area (Å²) in [6.07, 6.45) is 0. The maximum atomic E-state index is 10.2. The number of aryl methyl sites for hydroxylation is 3. The minimum Gasteiger partial charge on any atom is -0.506 e. The summed E-state index contributed by atoms with van der Waals surface area (Å²) in [6.45, 7) is 8.37. The molecule has 0 saturated heterocycles. The number of fused-ring (bicyclic) bond motifs is 1. The van der Waals surface area contributed by atoms with Crippen LogP contribution in [0.15, 0.2) is 87.4 Å². The smallest absolute Gasteiger partial charge is 0.143 e. The number of nitrogens with zero attached hydrogens (tertiary/aromatic N) is 4. The Morgan fingerprint density at radius 3 is 2.29 bits per heavy atom. The summed E-state index contributed by atoms with van der Waals surface area (Å²) in [5.74, 6) is 0.0555. The van der Waals surface area contributed by atoms with Crippen LogP contribution in [-0.4, -0.2) is 5.11 Å². The fraction of sp³-hybridized carbons (Fsp3) is 0.154. The number of benzene rings is 4. The van der Waals surface area contributed by atoms with Crippen LogP contribution in [0.4, 0.5) is 11.4 Å². The Kier molecular flexibility index (Phi) is 5.58. The summed E-state index contributed by atoms with van der Waals surface area (Å²) in [4.78, 5) is 0. The average molecular weight is 409 g/mol. The van der Waals surface area contributed by atoms with Gasteiger partial charge in [-0.15, -0.1) is 10.2 Å². The van der Waals surface area contributed by atoms with E-state index in [9.17, 15) is 5.11 Å². The first-order valence-corrected chi connectivity index (χ1v) is 10.2. The standard InChI is InChI=1S/C26H24N4O/c1-16-9-10-18(3)22(15-16)25-19(4)17(2)11-13-23(25)27-29-30-28-26-21-8-6-5-7-20(21)12-14-24(26)31/h5-15,31H,1-4H3. The number of rotatable bonds is 4. The molecule has 4 aromatic rings. The van der Waals surface area contributed by atoms with Crippen molar-refractivity contribution in [1.82, 2.24) is 0 Å². The molecule has 0 aliphatic carbocycles. The number of phenols is 1. The van der Waals surface area contributed by atoms with Crippen molar-refractivity contribution in [2.45, 2.75) is 27.7 Å². The third-order valence-electron chi connectivity index (χ3n) is 5.59. The molecule has 0 spiro atoms. The van der Waals surface area contributed by atoms with Crippen molar-refractivity contribution < 1.29 is 5.11 Å². The molecule has 0 fully saturated rings. The van der Waals surface area contributed by atoms with Crippen molar-refractivity contribution in [2.24, 2.45) is 20.7 Å². The number of hydrogen-bond acceptors (Lipinski definition) is 3. The molecule has 5 heteroatoms. The van der Waals surface area contributed by atoms with Gasteiger partial charge >= 0.3 is 0 Å². The van der Waals surface area contributed by atoms with Gasteiger partial charge < -0.3 is 5.11 Å². The molecule has 0 aliphatic heterocycles. The van der Waals surface area contributed by atoms with Gasteiger partial charge in [0, 0.05) is 10.9 Å². The summed E-state index contributed by atoms with van der Waals surface area (Å²) in [7, 11) is 0. The zero-order chi connectivity index (χ0) is 22.0. The van der Waals surface area contributed by atoms with E-state index in [-0.39, 0.29) is 5.75 Å². The van der Waals surface area contributed by atoms with Gasteiger partial charge in [0.05, 0.1) is 5.69 Å². The van der Waals surface area contributed by atoms with Crippen molar-refractivity contribution in [3.8, 4) is 16.9 Å². The molecular formula is C26H24N4O. The Labute approximate surface area is 181 Å². The van der Waals surface area contributed by atoms with E-state index in [4.69, 9.17) is 0 Å². The van der Waals surface area contributed by atoms with Crippen LogP contribution in [0.3, 0.4) is 0 Å². The lowest BCUT2D eigenvalue weighted by atomic mass is 9.91. The summed E-state index contributed by atoms with van der Waals surface area (Å²) >= 11 is 0. The predicted octanol–water partition coefficient (Wildman–Crippen LogP) is 8.23. The number of phenolic OH excluding ortho intramolecular Hbond substituents is 1. The van der Waals surface area contributed by atoms with E-state index < -0.39 is 0 Å². The topological polar surface area (TPSA) is 69.7 Å². The van der Waals surface area contributed by atoms with Crippen molar-refractivity contribution in [3.63, 3.8) is 0 Å². The Morgan fingerprint density at radius 1 is 0.710 bits per heavy atom. The molecule has 1 N–H and O–H groups in total. The Hall–Kier alpha value is -3.86. The zero-order valence-corrected chi connectivity index (χ0v) is 18.1. The second-order valence-corrected chi connectivity index (χ2v) is 7.75. The van der Waals surface area contributed by atoms with E-state index in [0.29, 0.717) is 5.69 Å². The van der Waals surface area contributed by atoms with E-state index in [0.717, 1.165) is 33.2 Å². The molecule has 154 valence electrons. The van der Waals surface area contributed by atoms with Gasteiger partial charge in [-0.3, -0.25) is 0 Å². The first-order valence-electron chi connectivity index (χ1n) is 10.2. The van der Waals surface area contributed by atoms with Crippen molar-refractivity contribution in [3.05, 3.63) is 89.0 Å². The van der Waals surface area contributed by atoms with Gasteiger partial charge in [-0.1, -0.05) is 60.2 Å². The van der Waals surface area contributed by atoms with Gasteiger partial charge in [0.25, 0.3) is 0 Å². The van der Waals surface area contributed by atoms with Crippen LogP contribution in [0.25, 0.3) is 21.9 Å². The van der Waals surface area contributed by atoms with Crippen molar-refractivity contribution >= 4 is 22.1 Å². The molecule has 5 nitrogen and oxygen atoms in total. The maximum Gasteiger partial charge on any atom is 0.143 e. The molecule has 0 unspecified atom stereocenters. The fourth-order valence-corrected chi connectivity index (χ4v) is 3.71. The molecule has 0 bridgehead atoms. The van der Waals surface area contributed by atoms with E-state index >= 15 is 0 Å². The third-order valence-corrected chi connectivity index (χ3v) is 5.59. The van der Waals surface area contributed by atoms with E-state index in [1.807, 2.05) is 42.5 Å². The monoisotopic (exact) mass is 408 g/mol. The van der Waals surface area contributed by atoms with E-state index in [2.05, 4.69) is 66.6 Å². The fourth-order valence-electron chi connectivity index (χ4n) is 3.71. The van der Waals surface area contributed by atoms with Crippen LogP contribution in [-0.2, 0) is 0 Å². The van der Waals surface area contributed by atoms with Gasteiger partial charge in [0.2, 0.25) is 0 Å². The Morgan fingerprint density at radius 2 is 1.45 bits per heavy atom. The second kappa shape index (κ2) is 8.48. The van der Waals surface area contributed by atoms with Crippen LogP contribution in [0, 0.1) is 27.7 Å². The summed E-state index contributed by atoms with van der Waals surface area (Å²) < 4.78 is 0. The Balaban J connectivity index is 1.74. The van der Waals surface area contributed by atoms with Gasteiger partial charge in [-0.25, -0.2) is 0 Å². The van der Waals surface area contributed by atoms with Gasteiger partial charge in [0.1, 0.15) is 11.4 Å². The highest BCUT2D eigenvalue weighted by Crippen LogP contribution is 2.38. The van der Waals surface area contributed by atoms with E-state index in [1.165, 1.54) is 16.7 Å². The summed E-state index contributed by atoms with van der Waals surface area (Å²) in [6, 6.07) is 21.5. The van der Waals surface area contributed by atoms with Crippen LogP contribution in [0.2, 0.25) is 0 Å². The van der Waals surface area contributed by atoms with E-state index in [1.54, 1.807) is 6.07 Å². The Bertz CT molecular complexity index is 1340. The molecule has 0 atom stereocenters. The predicted molar refractivity (Wildman–Crippen MR) is 125 cm³/mol. The van der Waals surface area contributed by atoms with Gasteiger partial charge in [-0.2, -0.15) is 0 Å². The van der Waals surface area contributed by atoms with Crippen LogP contribution < -0.4 is 0 Å². The normalized spacial score (nSPS) is 11.7. The van der Waals surface area contributed by atoms with Gasteiger partial charge in [0.15, 0.2) is 0 Å². The molecule has 0 amide bonds. The maximum absolute atomic E-state index is 10.2. The quantitative estimate of drug-likeness (QED) is 0.268. The summed E-state index contributed by atoms with van der Waals surface area (Å²) in [5, 5.41) is 28.4. The van der Waals surface area contributed by atoms with Gasteiger partial charge in [-0.05, 0) is 77.9 Å². The lowest BCUT2D eigenvalue weighted by molar-refractivity contribution is 0.477. The number of hydrogen-bond donors (Lipinski definition) is 1.